The summed E-state index contributed by atoms with van der Waals surface area (Å²) in [5.41, 5.74) is 0. The van der Waals surface area contributed by atoms with E-state index in [4.69, 9.17) is 23.8 Å². The van der Waals surface area contributed by atoms with E-state index in [-0.39, 0.29) is 23.3 Å². The van der Waals surface area contributed by atoms with Gasteiger partial charge >= 0.3 is 50.9 Å². The predicted octanol–water partition coefficient (Wildman–Crippen LogP) is 2.28. The average Bonchev–Trinajstić information content (AvgIpc) is 2.23. The number of hydrogen-bond donors (Lipinski definition) is 4. The molecule has 0 aromatic rings. The topological polar surface area (TPSA) is 132 Å². The van der Waals surface area contributed by atoms with E-state index >= 15 is 0 Å². The molecule has 0 radical (unpaired) electrons. The number of phosphoric acid groups is 1. The van der Waals surface area contributed by atoms with Gasteiger partial charge in [0.2, 0.25) is 0 Å². The van der Waals surface area contributed by atoms with E-state index in [1.165, 1.54) is 51.4 Å². The fraction of sp³-hybridized carbons (Fsp3) is 1.00. The number of unbranched alkanes of at least 4 members (excludes halogenated alkanes) is 6. The molecule has 4 N–H and O–H groups in total. The first-order chi connectivity index (χ1) is 9.77. The van der Waals surface area contributed by atoms with E-state index in [2.05, 4.69) is 20.8 Å². The molecule has 0 aliphatic heterocycles. The van der Waals surface area contributed by atoms with Gasteiger partial charge in [0.25, 0.3) is 0 Å². The van der Waals surface area contributed by atoms with Crippen molar-refractivity contribution in [3.05, 3.63) is 0 Å². The fourth-order valence-corrected chi connectivity index (χ4v) is 1.51. The Balaban J connectivity index is -0.000000298. The summed E-state index contributed by atoms with van der Waals surface area (Å²) in [4.78, 5) is 21.6. The summed E-state index contributed by atoms with van der Waals surface area (Å²) in [6, 6.07) is 0. The van der Waals surface area contributed by atoms with Crippen LogP contribution in [-0.2, 0) is 11.4 Å². The van der Waals surface area contributed by atoms with Crippen LogP contribution in [0.4, 0.5) is 0 Å². The van der Waals surface area contributed by atoms with E-state index in [1.54, 1.807) is 0 Å². The molecule has 22 heavy (non-hydrogen) atoms. The minimum atomic E-state index is -4.64. The Morgan fingerprint density at radius 1 is 0.955 bits per heavy atom. The summed E-state index contributed by atoms with van der Waals surface area (Å²) in [6.45, 7) is 3.41. The van der Waals surface area contributed by atoms with Crippen molar-refractivity contribution >= 4 is 38.0 Å². The third-order valence-corrected chi connectivity index (χ3v) is 2.39. The van der Waals surface area contributed by atoms with Crippen molar-refractivity contribution in [2.45, 2.75) is 72.1 Å². The van der Waals surface area contributed by atoms with Crippen molar-refractivity contribution in [1.29, 1.82) is 0 Å². The second-order valence-electron chi connectivity index (χ2n) is 5.33. The fourth-order valence-electron chi connectivity index (χ4n) is 1.51. The Labute approximate surface area is 148 Å². The molecule has 7 nitrogen and oxygen atoms in total. The van der Waals surface area contributed by atoms with E-state index in [0.29, 0.717) is 0 Å². The maximum absolute atomic E-state index is 9.26. The molecular weight excluding hydrogens is 528 g/mol. The van der Waals surface area contributed by atoms with E-state index in [0.717, 1.165) is 5.92 Å². The zero-order valence-corrected chi connectivity index (χ0v) is 19.9. The Kier molecular flexibility index (Phi) is 21.1. The first-order valence-electron chi connectivity index (χ1n) is 7.30. The molecule has 0 aromatic heterocycles. The van der Waals surface area contributed by atoms with Crippen molar-refractivity contribution in [3.63, 3.8) is 0 Å². The summed E-state index contributed by atoms with van der Waals surface area (Å²) in [7, 11) is -4.64. The van der Waals surface area contributed by atoms with Crippen LogP contribution in [0, 0.1) is 5.92 Å². The van der Waals surface area contributed by atoms with Crippen LogP contribution in [0.5, 0.6) is 0 Å². The molecule has 0 aromatic carbocycles. The number of hydrogen-bond acceptors (Lipinski definition) is 3. The van der Waals surface area contributed by atoms with Crippen LogP contribution in [0.25, 0.3) is 0 Å². The summed E-state index contributed by atoms with van der Waals surface area (Å²) in [5, 5.41) is 0. The van der Waals surface area contributed by atoms with Gasteiger partial charge in [-0.25, -0.2) is 4.57 Å². The summed E-state index contributed by atoms with van der Waals surface area (Å²) >= 11 is -0.340. The standard InChI is InChI=1S/C12H26.Bi.H3O4P.HO3S.2H/c1-4-5-6-7-8-9-10-11-12(2)3;;1-5(2,3)4;1-4(2)3;;/h12H,4-11H2,1-3H3;;(H3,1,2,3,4);(H,1,2,3);;. The van der Waals surface area contributed by atoms with Crippen LogP contribution < -0.4 is 0 Å². The van der Waals surface area contributed by atoms with Crippen molar-refractivity contribution < 1.29 is 32.2 Å². The second kappa shape index (κ2) is 16.8. The normalized spacial score (nSPS) is 11.3. The molecule has 0 rings (SSSR count). The van der Waals surface area contributed by atoms with Crippen LogP contribution in [0.15, 0.2) is 0 Å². The third kappa shape index (κ3) is 84.4. The van der Waals surface area contributed by atoms with Gasteiger partial charge in [0.15, 0.2) is 0 Å². The molecule has 138 valence electrons. The molecule has 0 atom stereocenters. The summed E-state index contributed by atoms with van der Waals surface area (Å²) in [6.07, 6.45) is 11.5. The molecule has 0 fully saturated rings. The van der Waals surface area contributed by atoms with Gasteiger partial charge in [0, 0.05) is 0 Å². The molecule has 0 aliphatic rings. The molecule has 0 saturated heterocycles. The van der Waals surface area contributed by atoms with E-state index in [1.807, 2.05) is 0 Å². The zero-order chi connectivity index (χ0) is 18.2. The van der Waals surface area contributed by atoms with E-state index in [9.17, 15) is 8.42 Å². The van der Waals surface area contributed by atoms with Gasteiger partial charge in [-0.1, -0.05) is 72.1 Å². The first-order valence-corrected chi connectivity index (χ1v) is 15.9. The van der Waals surface area contributed by atoms with Crippen LogP contribution in [0.3, 0.4) is 0 Å². The Bertz CT molecular complexity index is 351. The Morgan fingerprint density at radius 2 is 1.23 bits per heavy atom. The molecule has 0 amide bonds. The molecule has 0 spiro atoms. The van der Waals surface area contributed by atoms with Gasteiger partial charge in [0.1, 0.15) is 0 Å². The summed E-state index contributed by atoms with van der Waals surface area (Å²) < 4.78 is 35.0. The molecule has 0 bridgehead atoms. The van der Waals surface area contributed by atoms with Crippen molar-refractivity contribution in [2.24, 2.45) is 5.92 Å². The Morgan fingerprint density at radius 3 is 1.50 bits per heavy atom. The monoisotopic (exact) mass is 560 g/mol. The average molecular weight is 560 g/mol. The quantitative estimate of drug-likeness (QED) is 0.155. The SMILES string of the molecule is CCCCCCCCCC(C)C.O=P(O)(O)O.O=[S](=O)(O)[BiH2]. The molecule has 0 aliphatic carbocycles. The van der Waals surface area contributed by atoms with Crippen LogP contribution in [0.2, 0.25) is 0 Å². The summed E-state index contributed by atoms with van der Waals surface area (Å²) in [5.74, 6) is 0.903. The van der Waals surface area contributed by atoms with Gasteiger partial charge < -0.3 is 14.7 Å². The molecule has 0 heterocycles. The maximum atomic E-state index is 9.26. The second-order valence-corrected chi connectivity index (χ2v) is 14.3. The Hall–Kier alpha value is 0.903. The minimum absolute atomic E-state index is 0.340. The van der Waals surface area contributed by atoms with Gasteiger partial charge in [0.05, 0.1) is 0 Å². The number of rotatable bonds is 8. The van der Waals surface area contributed by atoms with E-state index < -0.39 is 14.7 Å². The van der Waals surface area contributed by atoms with Crippen molar-refractivity contribution in [1.82, 2.24) is 0 Å². The van der Waals surface area contributed by atoms with Crippen LogP contribution >= 0.6 is 7.82 Å². The zero-order valence-electron chi connectivity index (χ0n) is 13.7. The van der Waals surface area contributed by atoms with Crippen LogP contribution in [-0.4, -0.2) is 50.9 Å². The van der Waals surface area contributed by atoms with Gasteiger partial charge in [-0.15, -0.1) is 0 Å². The third-order valence-electron chi connectivity index (χ3n) is 2.39. The molecule has 0 unspecified atom stereocenters. The van der Waals surface area contributed by atoms with Gasteiger partial charge in [-0.3, -0.25) is 0 Å². The first kappa shape index (κ1) is 27.7. The molecule has 0 saturated carbocycles. The predicted molar refractivity (Wildman–Crippen MR) is 91.8 cm³/mol. The molecule has 10 heteroatoms. The van der Waals surface area contributed by atoms with Crippen LogP contribution in [0.1, 0.15) is 72.1 Å². The molecular formula is C12H32BiO7PS. The van der Waals surface area contributed by atoms with Gasteiger partial charge in [-0.05, 0) is 5.92 Å². The van der Waals surface area contributed by atoms with Crippen molar-refractivity contribution in [3.8, 4) is 0 Å². The van der Waals surface area contributed by atoms with Gasteiger partial charge in [-0.2, -0.15) is 0 Å². The van der Waals surface area contributed by atoms with Crippen molar-refractivity contribution in [2.75, 3.05) is 0 Å².